The van der Waals surface area contributed by atoms with Crippen LogP contribution in [0.1, 0.15) is 37.5 Å². The first-order valence-corrected chi connectivity index (χ1v) is 6.94. The van der Waals surface area contributed by atoms with Crippen molar-refractivity contribution in [2.75, 3.05) is 11.9 Å². The first-order valence-electron chi connectivity index (χ1n) is 6.12. The summed E-state index contributed by atoms with van der Waals surface area (Å²) in [6.45, 7) is 7.99. The molecule has 0 saturated carbocycles. The topological polar surface area (TPSA) is 96.0 Å². The van der Waals surface area contributed by atoms with E-state index >= 15 is 0 Å². The molecule has 1 aromatic heterocycles. The fourth-order valence-corrected chi connectivity index (χ4v) is 1.99. The summed E-state index contributed by atoms with van der Waals surface area (Å²) in [5.74, 6) is -0.618. The van der Waals surface area contributed by atoms with Crippen LogP contribution in [0.2, 0.25) is 0 Å². The molecule has 7 nitrogen and oxygen atoms in total. The summed E-state index contributed by atoms with van der Waals surface area (Å²) < 4.78 is 0. The molecule has 0 aliphatic heterocycles. The molecular formula is C11H19N5O2S. The zero-order valence-corrected chi connectivity index (χ0v) is 12.3. The van der Waals surface area contributed by atoms with Gasteiger partial charge in [0.05, 0.1) is 0 Å². The zero-order valence-electron chi connectivity index (χ0n) is 11.5. The fraction of sp³-hybridized carbons (Fsp3) is 0.636. The van der Waals surface area contributed by atoms with Crippen LogP contribution in [0.5, 0.6) is 0 Å². The largest absolute Gasteiger partial charge is 0.360 e. The van der Waals surface area contributed by atoms with E-state index in [1.807, 2.05) is 20.8 Å². The number of carbonyl (C=O) groups is 2. The van der Waals surface area contributed by atoms with Crippen LogP contribution in [0.25, 0.3) is 0 Å². The zero-order chi connectivity index (χ0) is 14.4. The molecule has 1 atom stereocenters. The van der Waals surface area contributed by atoms with Crippen molar-refractivity contribution in [2.45, 2.75) is 39.8 Å². The third kappa shape index (κ3) is 4.82. The Kier molecular flexibility index (Phi) is 5.68. The number of hydrogen-bond acceptors (Lipinski definition) is 6. The van der Waals surface area contributed by atoms with E-state index in [4.69, 9.17) is 0 Å². The van der Waals surface area contributed by atoms with E-state index < -0.39 is 11.9 Å². The highest BCUT2D eigenvalue weighted by molar-refractivity contribution is 7.17. The molecule has 0 spiro atoms. The summed E-state index contributed by atoms with van der Waals surface area (Å²) in [4.78, 5) is 23.5. The molecule has 1 heterocycles. The van der Waals surface area contributed by atoms with Crippen LogP contribution in [-0.4, -0.2) is 40.6 Å². The van der Waals surface area contributed by atoms with E-state index in [9.17, 15) is 9.59 Å². The molecule has 1 rings (SSSR count). The number of amides is 2. The normalized spacial score (nSPS) is 12.1. The maximum Gasteiger partial charge on any atom is 0.282 e. The minimum absolute atomic E-state index is 0.0359. The molecule has 0 aliphatic carbocycles. The van der Waals surface area contributed by atoms with Crippen molar-refractivity contribution in [3.8, 4) is 0 Å². The van der Waals surface area contributed by atoms with E-state index in [-0.39, 0.29) is 17.0 Å². The van der Waals surface area contributed by atoms with Crippen LogP contribution in [0.4, 0.5) is 5.13 Å². The molecule has 2 amide bonds. The van der Waals surface area contributed by atoms with E-state index in [1.165, 1.54) is 0 Å². The Morgan fingerprint density at radius 2 is 1.89 bits per heavy atom. The van der Waals surface area contributed by atoms with Gasteiger partial charge < -0.3 is 16.0 Å². The van der Waals surface area contributed by atoms with Crippen LogP contribution >= 0.6 is 11.3 Å². The van der Waals surface area contributed by atoms with Crippen molar-refractivity contribution in [1.29, 1.82) is 0 Å². The quantitative estimate of drug-likeness (QED) is 0.712. The Bertz CT molecular complexity index is 446. The molecule has 0 saturated heterocycles. The smallest absolute Gasteiger partial charge is 0.282 e. The Morgan fingerprint density at radius 3 is 2.47 bits per heavy atom. The molecule has 1 unspecified atom stereocenters. The fourth-order valence-electron chi connectivity index (χ4n) is 1.27. The van der Waals surface area contributed by atoms with Crippen LogP contribution in [0, 0.1) is 0 Å². The summed E-state index contributed by atoms with van der Waals surface area (Å²) in [5, 5.41) is 16.7. The number of hydrogen-bond donors (Lipinski definition) is 3. The van der Waals surface area contributed by atoms with Gasteiger partial charge in [0.25, 0.3) is 5.91 Å². The van der Waals surface area contributed by atoms with Gasteiger partial charge in [-0.3, -0.25) is 9.59 Å². The Balaban J connectivity index is 2.55. The second-order valence-electron chi connectivity index (χ2n) is 4.30. The van der Waals surface area contributed by atoms with Gasteiger partial charge in [-0.2, -0.15) is 0 Å². The minimum atomic E-state index is -0.610. The van der Waals surface area contributed by atoms with Gasteiger partial charge in [-0.1, -0.05) is 11.3 Å². The number of anilines is 1. The lowest BCUT2D eigenvalue weighted by Crippen LogP contribution is -2.46. The summed E-state index contributed by atoms with van der Waals surface area (Å²) in [6.07, 6.45) is 0. The molecule has 0 aromatic carbocycles. The SMILES string of the molecule is CCNc1nnc(C(=O)NC(C)C(=O)NC(C)C)s1. The molecule has 3 N–H and O–H groups in total. The highest BCUT2D eigenvalue weighted by atomic mass is 32.1. The summed E-state index contributed by atoms with van der Waals surface area (Å²) >= 11 is 1.16. The molecule has 106 valence electrons. The number of carbonyl (C=O) groups excluding carboxylic acids is 2. The van der Waals surface area contributed by atoms with Gasteiger partial charge in [0.2, 0.25) is 16.0 Å². The van der Waals surface area contributed by atoms with Crippen molar-refractivity contribution >= 4 is 28.3 Å². The average Bonchev–Trinajstić information content (AvgIpc) is 2.77. The lowest BCUT2D eigenvalue weighted by atomic mass is 10.3. The Labute approximate surface area is 116 Å². The number of rotatable bonds is 6. The molecule has 0 fully saturated rings. The van der Waals surface area contributed by atoms with E-state index in [1.54, 1.807) is 6.92 Å². The van der Waals surface area contributed by atoms with Gasteiger partial charge in [0, 0.05) is 12.6 Å². The summed E-state index contributed by atoms with van der Waals surface area (Å²) in [7, 11) is 0. The lowest BCUT2D eigenvalue weighted by molar-refractivity contribution is -0.123. The molecular weight excluding hydrogens is 266 g/mol. The van der Waals surface area contributed by atoms with Crippen molar-refractivity contribution in [1.82, 2.24) is 20.8 Å². The van der Waals surface area contributed by atoms with Crippen molar-refractivity contribution in [3.63, 3.8) is 0 Å². The predicted octanol–water partition coefficient (Wildman–Crippen LogP) is 0.613. The molecule has 0 bridgehead atoms. The van der Waals surface area contributed by atoms with E-state index in [2.05, 4.69) is 26.1 Å². The van der Waals surface area contributed by atoms with Gasteiger partial charge in [0.1, 0.15) is 6.04 Å². The van der Waals surface area contributed by atoms with Gasteiger partial charge in [-0.05, 0) is 27.7 Å². The van der Waals surface area contributed by atoms with Gasteiger partial charge in [-0.15, -0.1) is 10.2 Å². The van der Waals surface area contributed by atoms with E-state index in [0.717, 1.165) is 11.3 Å². The summed E-state index contributed by atoms with van der Waals surface area (Å²) in [6, 6.07) is -0.574. The average molecular weight is 285 g/mol. The van der Waals surface area contributed by atoms with Crippen LogP contribution < -0.4 is 16.0 Å². The predicted molar refractivity (Wildman–Crippen MR) is 74.3 cm³/mol. The molecule has 8 heteroatoms. The van der Waals surface area contributed by atoms with Crippen LogP contribution in [-0.2, 0) is 4.79 Å². The second-order valence-corrected chi connectivity index (χ2v) is 5.28. The van der Waals surface area contributed by atoms with Crippen LogP contribution in [0.15, 0.2) is 0 Å². The molecule has 1 aromatic rings. The standard InChI is InChI=1S/C11H19N5O2S/c1-5-12-11-16-15-10(19-11)9(18)14-7(4)8(17)13-6(2)3/h6-7H,5H2,1-4H3,(H,12,16)(H,13,17)(H,14,18). The van der Waals surface area contributed by atoms with Crippen LogP contribution in [0.3, 0.4) is 0 Å². The van der Waals surface area contributed by atoms with Gasteiger partial charge >= 0.3 is 0 Å². The first-order chi connectivity index (χ1) is 8.93. The third-order valence-corrected chi connectivity index (χ3v) is 3.00. The highest BCUT2D eigenvalue weighted by Gasteiger charge is 2.19. The van der Waals surface area contributed by atoms with Crippen molar-refractivity contribution in [3.05, 3.63) is 5.01 Å². The second kappa shape index (κ2) is 7.03. The molecule has 19 heavy (non-hydrogen) atoms. The summed E-state index contributed by atoms with van der Waals surface area (Å²) in [5.41, 5.74) is 0. The highest BCUT2D eigenvalue weighted by Crippen LogP contribution is 2.14. The van der Waals surface area contributed by atoms with E-state index in [0.29, 0.717) is 11.7 Å². The van der Waals surface area contributed by atoms with Crippen molar-refractivity contribution in [2.24, 2.45) is 0 Å². The maximum absolute atomic E-state index is 11.9. The number of nitrogens with zero attached hydrogens (tertiary/aromatic N) is 2. The minimum Gasteiger partial charge on any atom is -0.360 e. The third-order valence-electron chi connectivity index (χ3n) is 2.12. The Morgan fingerprint density at radius 1 is 1.21 bits per heavy atom. The van der Waals surface area contributed by atoms with Gasteiger partial charge in [-0.25, -0.2) is 0 Å². The monoisotopic (exact) mass is 285 g/mol. The lowest BCUT2D eigenvalue weighted by Gasteiger charge is -2.15. The Hall–Kier alpha value is -1.70. The molecule has 0 aliphatic rings. The first kappa shape index (κ1) is 15.4. The molecule has 0 radical (unpaired) electrons. The number of nitrogens with one attached hydrogen (secondary N) is 3. The number of aromatic nitrogens is 2. The van der Waals surface area contributed by atoms with Gasteiger partial charge in [0.15, 0.2) is 0 Å². The van der Waals surface area contributed by atoms with Crippen molar-refractivity contribution < 1.29 is 9.59 Å². The maximum atomic E-state index is 11.9.